The number of amides is 1. The van der Waals surface area contributed by atoms with Crippen LogP contribution in [-0.2, 0) is 11.3 Å². The van der Waals surface area contributed by atoms with Crippen molar-refractivity contribution in [1.82, 2.24) is 9.47 Å². The Balaban J connectivity index is 1.35. The number of aliphatic hydroxyl groups is 1. The molecule has 1 amide bonds. The zero-order valence-corrected chi connectivity index (χ0v) is 18.5. The second kappa shape index (κ2) is 9.53. The molecule has 0 spiro atoms. The molecule has 3 aromatic rings. The van der Waals surface area contributed by atoms with Crippen LogP contribution in [0.4, 0.5) is 0 Å². The highest BCUT2D eigenvalue weighted by atomic mass is 16.3. The molecule has 2 aromatic carbocycles. The molecule has 0 bridgehead atoms. The van der Waals surface area contributed by atoms with Gasteiger partial charge in [-0.3, -0.25) is 9.59 Å². The minimum atomic E-state index is -0.986. The second-order valence-corrected chi connectivity index (χ2v) is 8.87. The van der Waals surface area contributed by atoms with Crippen LogP contribution in [0, 0.1) is 0 Å². The molecular weight excluding hydrogens is 400 g/mol. The van der Waals surface area contributed by atoms with Crippen LogP contribution in [0.15, 0.2) is 83.8 Å². The van der Waals surface area contributed by atoms with Crippen LogP contribution in [0.5, 0.6) is 0 Å². The molecule has 2 heterocycles. The maximum absolute atomic E-state index is 12.8. The lowest BCUT2D eigenvalue weighted by Crippen LogP contribution is -2.49. The van der Waals surface area contributed by atoms with E-state index in [0.29, 0.717) is 32.4 Å². The smallest absolute Gasteiger partial charge is 0.251 e. The molecule has 1 aliphatic rings. The summed E-state index contributed by atoms with van der Waals surface area (Å²) in [6.07, 6.45) is 3.14. The van der Waals surface area contributed by atoms with Crippen molar-refractivity contribution in [2.75, 3.05) is 13.1 Å². The average molecular weight is 431 g/mol. The highest BCUT2D eigenvalue weighted by Gasteiger charge is 2.34. The maximum atomic E-state index is 12.8. The Kier molecular flexibility index (Phi) is 6.56. The number of benzene rings is 2. The molecule has 0 radical (unpaired) electrons. The Morgan fingerprint density at radius 2 is 1.59 bits per heavy atom. The number of rotatable bonds is 6. The van der Waals surface area contributed by atoms with Gasteiger partial charge >= 0.3 is 0 Å². The quantitative estimate of drug-likeness (QED) is 0.641. The largest absolute Gasteiger partial charge is 0.388 e. The van der Waals surface area contributed by atoms with Crippen molar-refractivity contribution in [3.8, 4) is 11.1 Å². The number of pyridine rings is 1. The van der Waals surface area contributed by atoms with Gasteiger partial charge in [-0.15, -0.1) is 0 Å². The predicted molar refractivity (Wildman–Crippen MR) is 126 cm³/mol. The fourth-order valence-electron chi connectivity index (χ4n) is 4.39. The normalized spacial score (nSPS) is 16.5. The third-order valence-corrected chi connectivity index (χ3v) is 6.46. The molecule has 4 rings (SSSR count). The average Bonchev–Trinajstić information content (AvgIpc) is 2.82. The number of hydrogen-bond acceptors (Lipinski definition) is 3. The van der Waals surface area contributed by atoms with E-state index in [2.05, 4.69) is 6.92 Å². The van der Waals surface area contributed by atoms with Crippen LogP contribution in [0.1, 0.15) is 37.7 Å². The van der Waals surface area contributed by atoms with Crippen LogP contribution in [0.25, 0.3) is 11.1 Å². The maximum Gasteiger partial charge on any atom is 0.251 e. The van der Waals surface area contributed by atoms with Gasteiger partial charge in [0.1, 0.15) is 0 Å². The molecule has 166 valence electrons. The van der Waals surface area contributed by atoms with Crippen molar-refractivity contribution in [2.45, 2.75) is 44.2 Å². The van der Waals surface area contributed by atoms with E-state index in [1.807, 2.05) is 71.6 Å². The summed E-state index contributed by atoms with van der Waals surface area (Å²) in [7, 11) is 0. The number of piperidine rings is 1. The highest BCUT2D eigenvalue weighted by molar-refractivity contribution is 5.77. The lowest BCUT2D eigenvalue weighted by atomic mass is 9.90. The Morgan fingerprint density at radius 1 is 0.969 bits per heavy atom. The van der Waals surface area contributed by atoms with Gasteiger partial charge in [0.15, 0.2) is 0 Å². The molecule has 1 aliphatic heterocycles. The molecule has 32 heavy (non-hydrogen) atoms. The molecule has 0 unspecified atom stereocenters. The number of hydrogen-bond donors (Lipinski definition) is 1. The van der Waals surface area contributed by atoms with Crippen molar-refractivity contribution in [1.29, 1.82) is 0 Å². The molecule has 0 aliphatic carbocycles. The van der Waals surface area contributed by atoms with Crippen LogP contribution in [0.3, 0.4) is 0 Å². The van der Waals surface area contributed by atoms with E-state index in [1.165, 1.54) is 0 Å². The lowest BCUT2D eigenvalue weighted by molar-refractivity contribution is -0.136. The van der Waals surface area contributed by atoms with Gasteiger partial charge in [0.2, 0.25) is 5.91 Å². The van der Waals surface area contributed by atoms with E-state index in [9.17, 15) is 14.7 Å². The molecule has 0 saturated carbocycles. The summed E-state index contributed by atoms with van der Waals surface area (Å²) in [6, 6.07) is 23.4. The SMILES string of the molecule is C[C@H](CC(=O)N1CCC(O)(Cn2ccc(-c3ccccc3)cc2=O)CC1)c1ccccc1. The van der Waals surface area contributed by atoms with Crippen molar-refractivity contribution < 1.29 is 9.90 Å². The monoisotopic (exact) mass is 430 g/mol. The fourth-order valence-corrected chi connectivity index (χ4v) is 4.39. The number of likely N-dealkylation sites (tertiary alicyclic amines) is 1. The van der Waals surface area contributed by atoms with Crippen LogP contribution < -0.4 is 5.56 Å². The van der Waals surface area contributed by atoms with E-state index in [1.54, 1.807) is 16.8 Å². The Labute approximate surface area is 188 Å². The first kappa shape index (κ1) is 22.0. The molecule has 1 atom stereocenters. The van der Waals surface area contributed by atoms with Gasteiger partial charge in [-0.2, -0.15) is 0 Å². The first-order valence-corrected chi connectivity index (χ1v) is 11.2. The standard InChI is InChI=1S/C27H30N2O3/c1-21(22-8-4-2-5-9-22)18-25(30)28-16-13-27(32,14-17-28)20-29-15-12-24(19-26(29)31)23-10-6-3-7-11-23/h2-12,15,19,21,32H,13-14,16-18,20H2,1H3/t21-/m1/s1. The summed E-state index contributed by atoms with van der Waals surface area (Å²) in [4.78, 5) is 27.3. The van der Waals surface area contributed by atoms with Crippen molar-refractivity contribution in [2.24, 2.45) is 0 Å². The van der Waals surface area contributed by atoms with Crippen LogP contribution >= 0.6 is 0 Å². The first-order valence-electron chi connectivity index (χ1n) is 11.2. The summed E-state index contributed by atoms with van der Waals surface area (Å²) < 4.78 is 1.57. The topological polar surface area (TPSA) is 62.5 Å². The van der Waals surface area contributed by atoms with E-state index in [4.69, 9.17) is 0 Å². The predicted octanol–water partition coefficient (Wildman–Crippen LogP) is 4.06. The third-order valence-electron chi connectivity index (χ3n) is 6.46. The molecule has 1 aromatic heterocycles. The van der Waals surface area contributed by atoms with Gasteiger partial charge < -0.3 is 14.6 Å². The number of carbonyl (C=O) groups is 1. The van der Waals surface area contributed by atoms with Crippen molar-refractivity contribution in [3.63, 3.8) is 0 Å². The van der Waals surface area contributed by atoms with Gasteiger partial charge in [0.25, 0.3) is 5.56 Å². The van der Waals surface area contributed by atoms with Crippen molar-refractivity contribution in [3.05, 3.63) is 94.9 Å². The van der Waals surface area contributed by atoms with E-state index in [-0.39, 0.29) is 23.9 Å². The molecule has 5 nitrogen and oxygen atoms in total. The zero-order chi connectivity index (χ0) is 22.6. The minimum Gasteiger partial charge on any atom is -0.388 e. The number of carbonyl (C=O) groups excluding carboxylic acids is 1. The van der Waals surface area contributed by atoms with Gasteiger partial charge in [0.05, 0.1) is 12.1 Å². The summed E-state index contributed by atoms with van der Waals surface area (Å²) >= 11 is 0. The van der Waals surface area contributed by atoms with Gasteiger partial charge in [-0.1, -0.05) is 67.6 Å². The second-order valence-electron chi connectivity index (χ2n) is 8.87. The first-order chi connectivity index (χ1) is 15.4. The van der Waals surface area contributed by atoms with E-state index in [0.717, 1.165) is 16.7 Å². The van der Waals surface area contributed by atoms with Gasteiger partial charge in [-0.25, -0.2) is 0 Å². The highest BCUT2D eigenvalue weighted by Crippen LogP contribution is 2.26. The lowest BCUT2D eigenvalue weighted by Gasteiger charge is -2.38. The summed E-state index contributed by atoms with van der Waals surface area (Å²) in [5, 5.41) is 11.1. The molecule has 1 fully saturated rings. The Bertz CT molecular complexity index is 1100. The molecular formula is C27H30N2O3. The zero-order valence-electron chi connectivity index (χ0n) is 18.5. The Morgan fingerprint density at radius 3 is 2.22 bits per heavy atom. The summed E-state index contributed by atoms with van der Waals surface area (Å²) in [5.41, 5.74) is 1.90. The van der Waals surface area contributed by atoms with E-state index < -0.39 is 5.60 Å². The summed E-state index contributed by atoms with van der Waals surface area (Å²) in [5.74, 6) is 0.277. The molecule has 1 saturated heterocycles. The van der Waals surface area contributed by atoms with Gasteiger partial charge in [-0.05, 0) is 41.5 Å². The van der Waals surface area contributed by atoms with Gasteiger partial charge in [0, 0.05) is 31.8 Å². The van der Waals surface area contributed by atoms with Crippen LogP contribution in [0.2, 0.25) is 0 Å². The van der Waals surface area contributed by atoms with Crippen LogP contribution in [-0.4, -0.2) is 39.2 Å². The summed E-state index contributed by atoms with van der Waals surface area (Å²) in [6.45, 7) is 3.32. The molecule has 5 heteroatoms. The number of nitrogens with zero attached hydrogens (tertiary/aromatic N) is 2. The number of aromatic nitrogens is 1. The molecule has 1 N–H and O–H groups in total. The van der Waals surface area contributed by atoms with E-state index >= 15 is 0 Å². The third kappa shape index (κ3) is 5.17. The van der Waals surface area contributed by atoms with Crippen molar-refractivity contribution >= 4 is 5.91 Å². The Hall–Kier alpha value is -3.18. The fraction of sp³-hybridized carbons (Fsp3) is 0.333. The minimum absolute atomic E-state index is 0.118.